The van der Waals surface area contributed by atoms with Gasteiger partial charge >= 0.3 is 0 Å². The van der Waals surface area contributed by atoms with Crippen molar-refractivity contribution in [1.29, 1.82) is 0 Å². The predicted octanol–water partition coefficient (Wildman–Crippen LogP) is 0.862. The largest absolute Gasteiger partial charge is 0.354 e. The van der Waals surface area contributed by atoms with Crippen molar-refractivity contribution in [3.8, 4) is 0 Å². The standard InChI is InChI=1S/C11H17N3OS/c1-8-14-9(7-16-8)4-6-13-11(15)10-3-2-5-12-10/h7,10,12H,2-6H2,1H3,(H,13,15)/t10-/m1/s1. The number of carbonyl (C=O) groups is 1. The Morgan fingerprint density at radius 2 is 2.62 bits per heavy atom. The fourth-order valence-corrected chi connectivity index (χ4v) is 2.52. The molecular weight excluding hydrogens is 222 g/mol. The van der Waals surface area contributed by atoms with Gasteiger partial charge in [0.2, 0.25) is 5.91 Å². The zero-order valence-corrected chi connectivity index (χ0v) is 10.3. The summed E-state index contributed by atoms with van der Waals surface area (Å²) in [6.45, 7) is 3.64. The number of hydrogen-bond acceptors (Lipinski definition) is 4. The van der Waals surface area contributed by atoms with E-state index in [2.05, 4.69) is 21.0 Å². The molecule has 1 fully saturated rings. The summed E-state index contributed by atoms with van der Waals surface area (Å²) in [5.74, 6) is 0.129. The van der Waals surface area contributed by atoms with Gasteiger partial charge in [-0.25, -0.2) is 4.98 Å². The van der Waals surface area contributed by atoms with E-state index in [1.807, 2.05) is 6.92 Å². The first-order valence-corrected chi connectivity index (χ1v) is 6.56. The van der Waals surface area contributed by atoms with Crippen LogP contribution in [0, 0.1) is 6.92 Å². The number of amides is 1. The van der Waals surface area contributed by atoms with Gasteiger partial charge in [0.25, 0.3) is 0 Å². The van der Waals surface area contributed by atoms with Gasteiger partial charge in [0.1, 0.15) is 0 Å². The van der Waals surface area contributed by atoms with Crippen LogP contribution in [0.3, 0.4) is 0 Å². The number of aryl methyl sites for hydroxylation is 1. The second-order valence-electron chi connectivity index (χ2n) is 4.05. The average Bonchev–Trinajstić information content (AvgIpc) is 2.89. The van der Waals surface area contributed by atoms with Crippen LogP contribution in [0.15, 0.2) is 5.38 Å². The molecular formula is C11H17N3OS. The second-order valence-corrected chi connectivity index (χ2v) is 5.11. The van der Waals surface area contributed by atoms with Crippen LogP contribution in [0.2, 0.25) is 0 Å². The number of nitrogens with one attached hydrogen (secondary N) is 2. The number of carbonyl (C=O) groups excluding carboxylic acids is 1. The quantitative estimate of drug-likeness (QED) is 0.819. The molecule has 0 aliphatic carbocycles. The molecule has 0 aromatic carbocycles. The Balaban J connectivity index is 1.69. The summed E-state index contributed by atoms with van der Waals surface area (Å²) >= 11 is 1.65. The molecule has 16 heavy (non-hydrogen) atoms. The van der Waals surface area contributed by atoms with E-state index in [0.717, 1.165) is 36.5 Å². The second kappa shape index (κ2) is 5.41. The van der Waals surface area contributed by atoms with Gasteiger partial charge in [0.05, 0.1) is 16.7 Å². The first-order chi connectivity index (χ1) is 7.75. The van der Waals surface area contributed by atoms with E-state index in [9.17, 15) is 4.79 Å². The fourth-order valence-electron chi connectivity index (χ4n) is 1.87. The average molecular weight is 239 g/mol. The zero-order chi connectivity index (χ0) is 11.4. The van der Waals surface area contributed by atoms with Crippen molar-refractivity contribution in [1.82, 2.24) is 15.6 Å². The summed E-state index contributed by atoms with van der Waals surface area (Å²) in [6.07, 6.45) is 2.88. The van der Waals surface area contributed by atoms with Crippen molar-refractivity contribution in [2.75, 3.05) is 13.1 Å². The maximum atomic E-state index is 11.6. The summed E-state index contributed by atoms with van der Waals surface area (Å²) in [5, 5.41) is 9.26. The van der Waals surface area contributed by atoms with Crippen LogP contribution in [0.4, 0.5) is 0 Å². The molecule has 2 rings (SSSR count). The summed E-state index contributed by atoms with van der Waals surface area (Å²) in [6, 6.07) is 0.0252. The molecule has 1 aliphatic rings. The SMILES string of the molecule is Cc1nc(CCNC(=O)[C@H]2CCCN2)cs1. The van der Waals surface area contributed by atoms with E-state index < -0.39 is 0 Å². The third-order valence-corrected chi connectivity index (χ3v) is 3.55. The molecule has 1 aromatic rings. The Morgan fingerprint density at radius 3 is 3.25 bits per heavy atom. The molecule has 88 valence electrons. The lowest BCUT2D eigenvalue weighted by atomic mass is 10.2. The molecule has 1 atom stereocenters. The highest BCUT2D eigenvalue weighted by Gasteiger charge is 2.21. The maximum absolute atomic E-state index is 11.6. The van der Waals surface area contributed by atoms with E-state index in [4.69, 9.17) is 0 Å². The molecule has 1 aliphatic heterocycles. The van der Waals surface area contributed by atoms with E-state index in [-0.39, 0.29) is 11.9 Å². The van der Waals surface area contributed by atoms with Gasteiger partial charge in [-0.3, -0.25) is 4.79 Å². The van der Waals surface area contributed by atoms with Crippen LogP contribution in [-0.2, 0) is 11.2 Å². The van der Waals surface area contributed by atoms with Crippen molar-refractivity contribution in [3.63, 3.8) is 0 Å². The van der Waals surface area contributed by atoms with Crippen molar-refractivity contribution >= 4 is 17.2 Å². The summed E-state index contributed by atoms with van der Waals surface area (Å²) in [4.78, 5) is 16.0. The minimum Gasteiger partial charge on any atom is -0.354 e. The number of thiazole rings is 1. The van der Waals surface area contributed by atoms with Crippen LogP contribution < -0.4 is 10.6 Å². The number of aromatic nitrogens is 1. The highest BCUT2D eigenvalue weighted by molar-refractivity contribution is 7.09. The monoisotopic (exact) mass is 239 g/mol. The fraction of sp³-hybridized carbons (Fsp3) is 0.636. The van der Waals surface area contributed by atoms with E-state index >= 15 is 0 Å². The van der Waals surface area contributed by atoms with Gasteiger partial charge in [-0.2, -0.15) is 0 Å². The summed E-state index contributed by atoms with van der Waals surface area (Å²) in [5.41, 5.74) is 1.07. The Labute approximate surface area is 99.5 Å². The van der Waals surface area contributed by atoms with Crippen molar-refractivity contribution in [2.45, 2.75) is 32.2 Å². The summed E-state index contributed by atoms with van der Waals surface area (Å²) in [7, 11) is 0. The lowest BCUT2D eigenvalue weighted by Crippen LogP contribution is -2.41. The van der Waals surface area contributed by atoms with E-state index in [1.54, 1.807) is 11.3 Å². The highest BCUT2D eigenvalue weighted by atomic mass is 32.1. The topological polar surface area (TPSA) is 54.0 Å². The molecule has 0 radical (unpaired) electrons. The minimum atomic E-state index is 0.0252. The van der Waals surface area contributed by atoms with E-state index in [0.29, 0.717) is 6.54 Å². The van der Waals surface area contributed by atoms with Crippen molar-refractivity contribution in [2.24, 2.45) is 0 Å². The Kier molecular flexibility index (Phi) is 3.90. The predicted molar refractivity (Wildman–Crippen MR) is 64.6 cm³/mol. The minimum absolute atomic E-state index is 0.0252. The molecule has 0 saturated carbocycles. The van der Waals surface area contributed by atoms with Crippen molar-refractivity contribution in [3.05, 3.63) is 16.1 Å². The highest BCUT2D eigenvalue weighted by Crippen LogP contribution is 2.08. The van der Waals surface area contributed by atoms with Crippen LogP contribution in [0.1, 0.15) is 23.5 Å². The Hall–Kier alpha value is -0.940. The maximum Gasteiger partial charge on any atom is 0.237 e. The van der Waals surface area contributed by atoms with Gasteiger partial charge in [-0.15, -0.1) is 11.3 Å². The van der Waals surface area contributed by atoms with Gasteiger partial charge in [0, 0.05) is 18.3 Å². The lowest BCUT2D eigenvalue weighted by Gasteiger charge is -2.10. The zero-order valence-electron chi connectivity index (χ0n) is 9.45. The smallest absolute Gasteiger partial charge is 0.237 e. The molecule has 0 spiro atoms. The first kappa shape index (κ1) is 11.5. The molecule has 0 unspecified atom stereocenters. The number of rotatable bonds is 4. The molecule has 1 aromatic heterocycles. The number of nitrogens with zero attached hydrogens (tertiary/aromatic N) is 1. The molecule has 1 amide bonds. The molecule has 0 bridgehead atoms. The molecule has 4 nitrogen and oxygen atoms in total. The van der Waals surface area contributed by atoms with Gasteiger partial charge in [-0.05, 0) is 26.3 Å². The molecule has 2 heterocycles. The van der Waals surface area contributed by atoms with E-state index in [1.165, 1.54) is 0 Å². The normalized spacial score (nSPS) is 19.9. The van der Waals surface area contributed by atoms with Crippen LogP contribution >= 0.6 is 11.3 Å². The summed E-state index contributed by atoms with van der Waals surface area (Å²) < 4.78 is 0. The first-order valence-electron chi connectivity index (χ1n) is 5.68. The lowest BCUT2D eigenvalue weighted by molar-refractivity contribution is -0.122. The Morgan fingerprint density at radius 1 is 1.75 bits per heavy atom. The molecule has 1 saturated heterocycles. The van der Waals surface area contributed by atoms with Crippen molar-refractivity contribution < 1.29 is 4.79 Å². The van der Waals surface area contributed by atoms with Crippen LogP contribution in [0.25, 0.3) is 0 Å². The van der Waals surface area contributed by atoms with Gasteiger partial charge in [-0.1, -0.05) is 0 Å². The third kappa shape index (κ3) is 3.02. The molecule has 2 N–H and O–H groups in total. The van der Waals surface area contributed by atoms with Crippen LogP contribution in [0.5, 0.6) is 0 Å². The Bertz CT molecular complexity index is 358. The van der Waals surface area contributed by atoms with Crippen LogP contribution in [-0.4, -0.2) is 30.0 Å². The van der Waals surface area contributed by atoms with Gasteiger partial charge < -0.3 is 10.6 Å². The molecule has 5 heteroatoms. The third-order valence-electron chi connectivity index (χ3n) is 2.72. The number of hydrogen-bond donors (Lipinski definition) is 2. The van der Waals surface area contributed by atoms with Gasteiger partial charge in [0.15, 0.2) is 0 Å².